The van der Waals surface area contributed by atoms with E-state index >= 15 is 0 Å². The van der Waals surface area contributed by atoms with Crippen LogP contribution in [-0.4, -0.2) is 61.1 Å². The highest BCUT2D eigenvalue weighted by molar-refractivity contribution is 5.70. The second-order valence-electron chi connectivity index (χ2n) is 12.4. The fraction of sp³-hybridized carbons (Fsp3) is 0.618. The quantitative estimate of drug-likeness (QED) is 0.371. The second-order valence-corrected chi connectivity index (χ2v) is 12.4. The van der Waals surface area contributed by atoms with Gasteiger partial charge in [-0.3, -0.25) is 4.79 Å². The Kier molecular flexibility index (Phi) is 10.2. The van der Waals surface area contributed by atoms with Gasteiger partial charge in [-0.15, -0.1) is 0 Å². The number of aliphatic hydroxyl groups is 1. The Morgan fingerprint density at radius 1 is 0.905 bits per heavy atom. The Balaban J connectivity index is 1.30. The summed E-state index contributed by atoms with van der Waals surface area (Å²) in [7, 11) is 1.65. The van der Waals surface area contributed by atoms with E-state index in [1.807, 2.05) is 54.6 Å². The van der Waals surface area contributed by atoms with Crippen molar-refractivity contribution in [2.75, 3.05) is 13.7 Å². The normalized spacial score (nSPS) is 34.5. The first-order chi connectivity index (χ1) is 20.3. The molecule has 0 aromatic heterocycles. The number of fused-ring (bicyclic) bond motifs is 1. The summed E-state index contributed by atoms with van der Waals surface area (Å²) >= 11 is 0. The predicted molar refractivity (Wildman–Crippen MR) is 157 cm³/mol. The average Bonchev–Trinajstić information content (AvgIpc) is 2.97. The number of carbonyl (C=O) groups excluding carboxylic acids is 1. The minimum Gasteiger partial charge on any atom is -0.497 e. The van der Waals surface area contributed by atoms with E-state index in [0.29, 0.717) is 25.9 Å². The van der Waals surface area contributed by atoms with E-state index in [1.165, 1.54) is 0 Å². The molecule has 2 aromatic carbocycles. The largest absolute Gasteiger partial charge is 0.497 e. The average molecular weight is 583 g/mol. The van der Waals surface area contributed by atoms with Gasteiger partial charge in [-0.2, -0.15) is 0 Å². The van der Waals surface area contributed by atoms with Crippen LogP contribution in [0.4, 0.5) is 0 Å². The molecule has 1 spiro atoms. The number of benzene rings is 2. The Hall–Kier alpha value is -2.49. The minimum absolute atomic E-state index is 0.0328. The smallest absolute Gasteiger partial charge is 0.308 e. The molecule has 8 heteroatoms. The summed E-state index contributed by atoms with van der Waals surface area (Å²) in [5, 5.41) is 9.51. The molecular weight excluding hydrogens is 536 g/mol. The molecular formula is C34H46O8. The number of carbonyl (C=O) groups is 1. The van der Waals surface area contributed by atoms with Crippen molar-refractivity contribution in [1.29, 1.82) is 0 Å². The van der Waals surface area contributed by atoms with Gasteiger partial charge < -0.3 is 33.5 Å². The van der Waals surface area contributed by atoms with Crippen LogP contribution in [0.1, 0.15) is 64.0 Å². The summed E-state index contributed by atoms with van der Waals surface area (Å²) in [6, 6.07) is 17.5. The molecule has 3 heterocycles. The maximum absolute atomic E-state index is 13.1. The number of rotatable bonds is 10. The number of esters is 1. The van der Waals surface area contributed by atoms with Crippen molar-refractivity contribution >= 4 is 5.97 Å². The van der Waals surface area contributed by atoms with Crippen LogP contribution in [-0.2, 0) is 41.7 Å². The van der Waals surface area contributed by atoms with Crippen LogP contribution in [0.25, 0.3) is 0 Å². The van der Waals surface area contributed by atoms with Gasteiger partial charge in [-0.1, -0.05) is 63.2 Å². The fourth-order valence-electron chi connectivity index (χ4n) is 6.98. The van der Waals surface area contributed by atoms with Gasteiger partial charge in [0.25, 0.3) is 0 Å². The molecule has 0 amide bonds. The number of methoxy groups -OCH3 is 1. The topological polar surface area (TPSA) is 92.7 Å². The molecule has 3 aliphatic rings. The maximum atomic E-state index is 13.1. The van der Waals surface area contributed by atoms with Crippen molar-refractivity contribution in [2.45, 2.75) is 102 Å². The van der Waals surface area contributed by atoms with E-state index in [2.05, 4.69) is 20.8 Å². The molecule has 0 bridgehead atoms. The van der Waals surface area contributed by atoms with E-state index in [1.54, 1.807) is 7.11 Å². The third-order valence-electron chi connectivity index (χ3n) is 9.05. The summed E-state index contributed by atoms with van der Waals surface area (Å²) in [5.41, 5.74) is 1.96. The molecule has 2 aromatic rings. The molecule has 3 saturated heterocycles. The first kappa shape index (κ1) is 31.0. The Labute approximate surface area is 249 Å². The van der Waals surface area contributed by atoms with Gasteiger partial charge in [-0.05, 0) is 53.9 Å². The number of hydrogen-bond donors (Lipinski definition) is 1. The third kappa shape index (κ3) is 7.34. The lowest BCUT2D eigenvalue weighted by Crippen LogP contribution is -2.62. The lowest BCUT2D eigenvalue weighted by atomic mass is 9.77. The summed E-state index contributed by atoms with van der Waals surface area (Å²) in [6.07, 6.45) is 1.94. The Morgan fingerprint density at radius 2 is 1.62 bits per heavy atom. The van der Waals surface area contributed by atoms with Gasteiger partial charge in [-0.25, -0.2) is 0 Å². The highest BCUT2D eigenvalue weighted by Crippen LogP contribution is 2.48. The molecule has 1 N–H and O–H groups in total. The van der Waals surface area contributed by atoms with Gasteiger partial charge in [0.15, 0.2) is 5.79 Å². The zero-order valence-corrected chi connectivity index (χ0v) is 25.3. The molecule has 9 atom stereocenters. The highest BCUT2D eigenvalue weighted by atomic mass is 16.7. The highest BCUT2D eigenvalue weighted by Gasteiger charge is 2.55. The molecule has 3 aliphatic heterocycles. The van der Waals surface area contributed by atoms with Crippen molar-refractivity contribution in [3.05, 3.63) is 65.7 Å². The van der Waals surface area contributed by atoms with Gasteiger partial charge in [0.05, 0.1) is 50.7 Å². The van der Waals surface area contributed by atoms with E-state index in [4.69, 9.17) is 28.4 Å². The van der Waals surface area contributed by atoms with E-state index in [0.717, 1.165) is 23.3 Å². The van der Waals surface area contributed by atoms with Crippen LogP contribution in [0.3, 0.4) is 0 Å². The molecule has 0 aliphatic carbocycles. The monoisotopic (exact) mass is 582 g/mol. The molecule has 1 unspecified atom stereocenters. The van der Waals surface area contributed by atoms with Gasteiger partial charge in [0.2, 0.25) is 0 Å². The maximum Gasteiger partial charge on any atom is 0.308 e. The number of hydrogen-bond acceptors (Lipinski definition) is 8. The second kappa shape index (κ2) is 13.9. The molecule has 0 radical (unpaired) electrons. The first-order valence-corrected chi connectivity index (χ1v) is 15.3. The Bertz CT molecular complexity index is 1140. The molecule has 42 heavy (non-hydrogen) atoms. The minimum atomic E-state index is -0.822. The molecule has 5 rings (SSSR count). The van der Waals surface area contributed by atoms with Gasteiger partial charge in [0.1, 0.15) is 12.4 Å². The van der Waals surface area contributed by atoms with Crippen molar-refractivity contribution < 1.29 is 38.3 Å². The van der Waals surface area contributed by atoms with Crippen LogP contribution in [0.5, 0.6) is 5.75 Å². The van der Waals surface area contributed by atoms with Crippen molar-refractivity contribution in [3.8, 4) is 5.75 Å². The standard InChI is InChI=1S/C34H46O8/c1-22-16-29-33(40-28(22)14-15-35)24(3)19-34(41-29)18-23(2)32(39-21-26-10-12-27(37-4)13-11-26)30(42-34)17-31(36)38-20-25-8-6-5-7-9-25/h5-13,22-24,28-30,32-33,35H,14-21H2,1-4H3/t22-,23+,24+,28?,29+,30+,32+,33+,34+/m1/s1. The summed E-state index contributed by atoms with van der Waals surface area (Å²) in [4.78, 5) is 13.1. The summed E-state index contributed by atoms with van der Waals surface area (Å²) in [6.45, 7) is 7.23. The van der Waals surface area contributed by atoms with Crippen LogP contribution in [0.15, 0.2) is 54.6 Å². The number of ether oxygens (including phenoxy) is 6. The molecule has 230 valence electrons. The lowest BCUT2D eigenvalue weighted by molar-refractivity contribution is -0.376. The van der Waals surface area contributed by atoms with Crippen LogP contribution < -0.4 is 4.74 Å². The fourth-order valence-corrected chi connectivity index (χ4v) is 6.98. The predicted octanol–water partition coefficient (Wildman–Crippen LogP) is 5.44. The molecule has 3 fully saturated rings. The number of aliphatic hydroxyl groups excluding tert-OH is 1. The van der Waals surface area contributed by atoms with E-state index < -0.39 is 11.9 Å². The van der Waals surface area contributed by atoms with Crippen LogP contribution in [0, 0.1) is 17.8 Å². The zero-order valence-electron chi connectivity index (χ0n) is 25.3. The third-order valence-corrected chi connectivity index (χ3v) is 9.05. The van der Waals surface area contributed by atoms with Crippen molar-refractivity contribution in [2.24, 2.45) is 17.8 Å². The lowest BCUT2D eigenvalue weighted by Gasteiger charge is -2.56. The van der Waals surface area contributed by atoms with E-state index in [9.17, 15) is 9.90 Å². The zero-order chi connectivity index (χ0) is 29.7. The van der Waals surface area contributed by atoms with Gasteiger partial charge >= 0.3 is 5.97 Å². The Morgan fingerprint density at radius 3 is 2.33 bits per heavy atom. The van der Waals surface area contributed by atoms with Crippen LogP contribution in [0.2, 0.25) is 0 Å². The van der Waals surface area contributed by atoms with Crippen LogP contribution >= 0.6 is 0 Å². The first-order valence-electron chi connectivity index (χ1n) is 15.3. The SMILES string of the molecule is COc1ccc(CO[C@@H]2[C@H](CC(=O)OCc3ccccc3)O[C@@]3(C[C@@H]2C)C[C@H](C)[C@@H]2OC(CCO)[C@H](C)C[C@@H]2O3)cc1. The van der Waals surface area contributed by atoms with Crippen molar-refractivity contribution in [3.63, 3.8) is 0 Å². The summed E-state index contributed by atoms with van der Waals surface area (Å²) < 4.78 is 37.5. The van der Waals surface area contributed by atoms with Gasteiger partial charge in [0, 0.05) is 19.4 Å². The van der Waals surface area contributed by atoms with Crippen molar-refractivity contribution in [1.82, 2.24) is 0 Å². The molecule has 8 nitrogen and oxygen atoms in total. The molecule has 0 saturated carbocycles. The van der Waals surface area contributed by atoms with E-state index in [-0.39, 0.29) is 67.8 Å². The summed E-state index contributed by atoms with van der Waals surface area (Å²) in [5.74, 6) is 0.195.